The van der Waals surface area contributed by atoms with Crippen LogP contribution in [0.3, 0.4) is 0 Å². The van der Waals surface area contributed by atoms with Crippen molar-refractivity contribution in [3.63, 3.8) is 0 Å². The van der Waals surface area contributed by atoms with Crippen LogP contribution in [-0.2, 0) is 9.47 Å². The number of rotatable bonds is 12. The zero-order valence-corrected chi connectivity index (χ0v) is 22.3. The molecule has 0 unspecified atom stereocenters. The number of unbranched alkanes of at least 4 members (excludes halogenated alkanes) is 4. The van der Waals surface area contributed by atoms with E-state index in [1.165, 1.54) is 43.9 Å². The van der Waals surface area contributed by atoms with Crippen molar-refractivity contribution >= 4 is 0 Å². The number of hydrogen-bond donors (Lipinski definition) is 0. The molecule has 204 valence electrons. The first kappa shape index (κ1) is 28.2. The van der Waals surface area contributed by atoms with Gasteiger partial charge in [0.25, 0.3) is 0 Å². The van der Waals surface area contributed by atoms with Gasteiger partial charge < -0.3 is 14.2 Å². The van der Waals surface area contributed by atoms with E-state index in [9.17, 15) is 8.78 Å². The normalized spacial score (nSPS) is 17.5. The number of halogens is 3. The Labute approximate surface area is 223 Å². The van der Waals surface area contributed by atoms with Crippen LogP contribution in [0.4, 0.5) is 13.2 Å². The molecular weight excluding hydrogens is 489 g/mol. The maximum Gasteiger partial charge on any atom is 0.201 e. The molecule has 0 saturated carbocycles. The molecule has 0 radical (unpaired) electrons. The van der Waals surface area contributed by atoms with Gasteiger partial charge in [-0.3, -0.25) is 0 Å². The van der Waals surface area contributed by atoms with Gasteiger partial charge in [0.2, 0.25) is 5.82 Å². The van der Waals surface area contributed by atoms with Crippen molar-refractivity contribution in [2.75, 3.05) is 19.8 Å². The Bertz CT molecular complexity index is 1170. The molecule has 1 aliphatic rings. The molecule has 3 nitrogen and oxygen atoms in total. The highest BCUT2D eigenvalue weighted by Gasteiger charge is 2.24. The molecule has 6 heteroatoms. The third-order valence-electron chi connectivity index (χ3n) is 6.99. The standard InChI is InChI=1S/C32H37F3O3/c1-3-5-6-7-8-9-30-37-20-25(21-38-30)24-14-15-26(28(33)19-24)22-10-12-23(13-11-22)27-16-17-29(36-18-4-2)32(35)31(27)34/h10-17,19,25,30H,3-9,18,20-21H2,1-2H3. The first-order valence-corrected chi connectivity index (χ1v) is 13.8. The summed E-state index contributed by atoms with van der Waals surface area (Å²) in [5.74, 6) is -2.42. The van der Waals surface area contributed by atoms with E-state index in [1.807, 2.05) is 13.0 Å². The Morgan fingerprint density at radius 2 is 1.39 bits per heavy atom. The van der Waals surface area contributed by atoms with Crippen LogP contribution in [0.5, 0.6) is 5.75 Å². The van der Waals surface area contributed by atoms with Gasteiger partial charge in [-0.05, 0) is 54.2 Å². The van der Waals surface area contributed by atoms with Gasteiger partial charge in [-0.25, -0.2) is 8.78 Å². The average Bonchev–Trinajstić information content (AvgIpc) is 2.94. The summed E-state index contributed by atoms with van der Waals surface area (Å²) in [4.78, 5) is 0. The van der Waals surface area contributed by atoms with Crippen LogP contribution in [0, 0.1) is 17.5 Å². The van der Waals surface area contributed by atoms with E-state index in [1.54, 1.807) is 30.3 Å². The molecule has 0 spiro atoms. The number of ether oxygens (including phenoxy) is 3. The summed E-state index contributed by atoms with van der Waals surface area (Å²) in [7, 11) is 0. The summed E-state index contributed by atoms with van der Waals surface area (Å²) in [6, 6.07) is 14.9. The van der Waals surface area contributed by atoms with Crippen LogP contribution in [0.1, 0.15) is 70.3 Å². The Hall–Kier alpha value is -2.83. The highest BCUT2D eigenvalue weighted by atomic mass is 19.2. The van der Waals surface area contributed by atoms with Crippen LogP contribution in [0.15, 0.2) is 54.6 Å². The molecule has 0 amide bonds. The van der Waals surface area contributed by atoms with Gasteiger partial charge in [-0.2, -0.15) is 4.39 Å². The SMILES string of the molecule is CCCCCCCC1OCC(c2ccc(-c3ccc(-c4ccc(OCCC)c(F)c4F)cc3)c(F)c2)CO1. The van der Waals surface area contributed by atoms with E-state index in [0.29, 0.717) is 42.9 Å². The maximum absolute atomic E-state index is 15.1. The summed E-state index contributed by atoms with van der Waals surface area (Å²) in [5, 5.41) is 0. The predicted molar refractivity (Wildman–Crippen MR) is 145 cm³/mol. The van der Waals surface area contributed by atoms with E-state index < -0.39 is 11.6 Å². The highest BCUT2D eigenvalue weighted by molar-refractivity contribution is 5.71. The topological polar surface area (TPSA) is 27.7 Å². The fourth-order valence-corrected chi connectivity index (χ4v) is 4.74. The highest BCUT2D eigenvalue weighted by Crippen LogP contribution is 2.33. The predicted octanol–water partition coefficient (Wildman–Crippen LogP) is 9.04. The van der Waals surface area contributed by atoms with Gasteiger partial charge in [0.05, 0.1) is 19.8 Å². The Morgan fingerprint density at radius 1 is 0.737 bits per heavy atom. The monoisotopic (exact) mass is 526 g/mol. The minimum Gasteiger partial charge on any atom is -0.490 e. The summed E-state index contributed by atoms with van der Waals surface area (Å²) in [5.41, 5.74) is 2.57. The molecule has 4 rings (SSSR count). The fourth-order valence-electron chi connectivity index (χ4n) is 4.74. The molecule has 0 aliphatic carbocycles. The van der Waals surface area contributed by atoms with Gasteiger partial charge in [0.1, 0.15) is 5.82 Å². The third-order valence-corrected chi connectivity index (χ3v) is 6.99. The van der Waals surface area contributed by atoms with E-state index in [0.717, 1.165) is 18.4 Å². The zero-order chi connectivity index (χ0) is 26.9. The van der Waals surface area contributed by atoms with Crippen LogP contribution in [-0.4, -0.2) is 26.1 Å². The molecule has 1 heterocycles. The van der Waals surface area contributed by atoms with Gasteiger partial charge >= 0.3 is 0 Å². The van der Waals surface area contributed by atoms with Gasteiger partial charge in [0, 0.05) is 17.0 Å². The van der Waals surface area contributed by atoms with Crippen molar-refractivity contribution in [1.82, 2.24) is 0 Å². The van der Waals surface area contributed by atoms with Crippen molar-refractivity contribution in [1.29, 1.82) is 0 Å². The smallest absolute Gasteiger partial charge is 0.201 e. The summed E-state index contributed by atoms with van der Waals surface area (Å²) in [6.45, 7) is 5.44. The van der Waals surface area contributed by atoms with Crippen molar-refractivity contribution < 1.29 is 27.4 Å². The summed E-state index contributed by atoms with van der Waals surface area (Å²) in [6.07, 6.45) is 7.45. The number of hydrogen-bond acceptors (Lipinski definition) is 3. The third kappa shape index (κ3) is 6.97. The van der Waals surface area contributed by atoms with Crippen molar-refractivity contribution in [3.8, 4) is 28.0 Å². The summed E-state index contributed by atoms with van der Waals surface area (Å²) < 4.78 is 61.3. The molecule has 3 aromatic rings. The molecule has 3 aromatic carbocycles. The lowest BCUT2D eigenvalue weighted by Gasteiger charge is -2.30. The molecule has 0 bridgehead atoms. The Kier molecular flexibility index (Phi) is 10.2. The van der Waals surface area contributed by atoms with Gasteiger partial charge in [0.15, 0.2) is 17.9 Å². The van der Waals surface area contributed by atoms with Gasteiger partial charge in [-0.1, -0.05) is 75.9 Å². The fraction of sp³-hybridized carbons (Fsp3) is 0.438. The van der Waals surface area contributed by atoms with Crippen LogP contribution in [0.25, 0.3) is 22.3 Å². The molecule has 38 heavy (non-hydrogen) atoms. The first-order chi connectivity index (χ1) is 18.5. The second-order valence-corrected chi connectivity index (χ2v) is 9.90. The molecule has 0 N–H and O–H groups in total. The molecule has 0 aromatic heterocycles. The van der Waals surface area contributed by atoms with E-state index in [2.05, 4.69) is 6.92 Å². The molecule has 1 aliphatic heterocycles. The average molecular weight is 527 g/mol. The lowest BCUT2D eigenvalue weighted by atomic mass is 9.95. The molecule has 1 saturated heterocycles. The van der Waals surface area contributed by atoms with Crippen molar-refractivity contribution in [2.24, 2.45) is 0 Å². The quantitative estimate of drug-likeness (QED) is 0.220. The van der Waals surface area contributed by atoms with E-state index in [4.69, 9.17) is 14.2 Å². The van der Waals surface area contributed by atoms with Crippen LogP contribution in [0.2, 0.25) is 0 Å². The molecular formula is C32H37F3O3. The lowest BCUT2D eigenvalue weighted by Crippen LogP contribution is -2.30. The minimum absolute atomic E-state index is 0.0144. The van der Waals surface area contributed by atoms with Gasteiger partial charge in [-0.15, -0.1) is 0 Å². The Morgan fingerprint density at radius 3 is 2.05 bits per heavy atom. The lowest BCUT2D eigenvalue weighted by molar-refractivity contribution is -0.190. The minimum atomic E-state index is -1.00. The zero-order valence-electron chi connectivity index (χ0n) is 22.3. The summed E-state index contributed by atoms with van der Waals surface area (Å²) >= 11 is 0. The second-order valence-electron chi connectivity index (χ2n) is 9.90. The number of benzene rings is 3. The second kappa shape index (κ2) is 13.8. The van der Waals surface area contributed by atoms with E-state index in [-0.39, 0.29) is 29.3 Å². The van der Waals surface area contributed by atoms with Crippen molar-refractivity contribution in [3.05, 3.63) is 77.6 Å². The van der Waals surface area contributed by atoms with E-state index >= 15 is 4.39 Å². The maximum atomic E-state index is 15.1. The molecule has 0 atom stereocenters. The van der Waals surface area contributed by atoms with Crippen LogP contribution < -0.4 is 4.74 Å². The van der Waals surface area contributed by atoms with Crippen molar-refractivity contribution in [2.45, 2.75) is 71.0 Å². The van der Waals surface area contributed by atoms with Crippen LogP contribution >= 0.6 is 0 Å². The largest absolute Gasteiger partial charge is 0.490 e. The Balaban J connectivity index is 1.38. The molecule has 1 fully saturated rings. The first-order valence-electron chi connectivity index (χ1n) is 13.8.